The fraction of sp³-hybridized carbons (Fsp3) is 0.250. The van der Waals surface area contributed by atoms with Crippen LogP contribution in [0.15, 0.2) is 6.20 Å². The van der Waals surface area contributed by atoms with E-state index < -0.39 is 12.1 Å². The lowest BCUT2D eigenvalue weighted by Crippen LogP contribution is -2.21. The molecule has 1 heterocycles. The minimum atomic E-state index is -4.88. The highest BCUT2D eigenvalue weighted by molar-refractivity contribution is 14.1. The average molecular weight is 346 g/mol. The van der Waals surface area contributed by atoms with Crippen LogP contribution in [-0.4, -0.2) is 17.6 Å². The van der Waals surface area contributed by atoms with Crippen molar-refractivity contribution in [1.82, 2.24) is 4.98 Å². The molecule has 16 heavy (non-hydrogen) atoms. The second kappa shape index (κ2) is 4.95. The van der Waals surface area contributed by atoms with Crippen LogP contribution in [0.2, 0.25) is 0 Å². The molecule has 0 aliphatic rings. The van der Waals surface area contributed by atoms with Crippen LogP contribution in [0.1, 0.15) is 16.1 Å². The third kappa shape index (κ3) is 3.04. The molecule has 8 heteroatoms. The molecule has 0 saturated heterocycles. The van der Waals surface area contributed by atoms with Crippen molar-refractivity contribution in [3.8, 4) is 5.75 Å². The standard InChI is InChI=1S/C8H6F3IN2O2/c9-8(10,11)16-7-4(3-15)5(12)2-14-6(7)1-13/h2-3H,1,13H2. The van der Waals surface area contributed by atoms with Crippen LogP contribution in [0.4, 0.5) is 13.2 Å². The number of alkyl halides is 3. The Balaban J connectivity index is 3.31. The van der Waals surface area contributed by atoms with Crippen LogP contribution in [0, 0.1) is 3.57 Å². The number of ether oxygens (including phenoxy) is 1. The maximum absolute atomic E-state index is 12.1. The van der Waals surface area contributed by atoms with Crippen LogP contribution < -0.4 is 10.5 Å². The van der Waals surface area contributed by atoms with Crippen molar-refractivity contribution < 1.29 is 22.7 Å². The molecule has 0 fully saturated rings. The van der Waals surface area contributed by atoms with Crippen molar-refractivity contribution in [2.24, 2.45) is 5.73 Å². The molecule has 0 aliphatic heterocycles. The number of hydrogen-bond acceptors (Lipinski definition) is 4. The van der Waals surface area contributed by atoms with Crippen molar-refractivity contribution in [1.29, 1.82) is 0 Å². The monoisotopic (exact) mass is 346 g/mol. The lowest BCUT2D eigenvalue weighted by Gasteiger charge is -2.14. The molecule has 88 valence electrons. The van der Waals surface area contributed by atoms with Crippen molar-refractivity contribution in [3.63, 3.8) is 0 Å². The van der Waals surface area contributed by atoms with E-state index in [9.17, 15) is 18.0 Å². The Hall–Kier alpha value is -0.900. The lowest BCUT2D eigenvalue weighted by atomic mass is 10.2. The number of nitrogens with two attached hydrogens (primary N) is 1. The Morgan fingerprint density at radius 3 is 2.62 bits per heavy atom. The fourth-order valence-corrected chi connectivity index (χ4v) is 1.52. The van der Waals surface area contributed by atoms with Crippen LogP contribution >= 0.6 is 22.6 Å². The number of aromatic nitrogens is 1. The summed E-state index contributed by atoms with van der Waals surface area (Å²) < 4.78 is 40.3. The van der Waals surface area contributed by atoms with E-state index in [4.69, 9.17) is 5.73 Å². The molecule has 1 aromatic heterocycles. The zero-order valence-electron chi connectivity index (χ0n) is 7.71. The number of nitrogens with zero attached hydrogens (tertiary/aromatic N) is 1. The van der Waals surface area contributed by atoms with Gasteiger partial charge in [-0.3, -0.25) is 9.78 Å². The van der Waals surface area contributed by atoms with Gasteiger partial charge in [0.25, 0.3) is 0 Å². The molecule has 0 aliphatic carbocycles. The summed E-state index contributed by atoms with van der Waals surface area (Å²) in [6.07, 6.45) is -3.34. The molecule has 0 bridgehead atoms. The SMILES string of the molecule is NCc1ncc(I)c(C=O)c1OC(F)(F)F. The zero-order valence-corrected chi connectivity index (χ0v) is 9.87. The molecular formula is C8H6F3IN2O2. The highest BCUT2D eigenvalue weighted by Gasteiger charge is 2.34. The Morgan fingerprint density at radius 1 is 1.56 bits per heavy atom. The Labute approximate surface area is 102 Å². The molecule has 0 amide bonds. The number of pyridine rings is 1. The van der Waals surface area contributed by atoms with E-state index >= 15 is 0 Å². The second-order valence-electron chi connectivity index (χ2n) is 2.67. The van der Waals surface area contributed by atoms with Crippen molar-refractivity contribution in [2.75, 3.05) is 0 Å². The minimum absolute atomic E-state index is 0.111. The third-order valence-corrected chi connectivity index (χ3v) is 2.49. The number of carbonyl (C=O) groups is 1. The molecule has 0 unspecified atom stereocenters. The normalized spacial score (nSPS) is 11.3. The maximum Gasteiger partial charge on any atom is 0.573 e. The molecule has 4 nitrogen and oxygen atoms in total. The highest BCUT2D eigenvalue weighted by atomic mass is 127. The first-order valence-corrected chi connectivity index (χ1v) is 5.05. The van der Waals surface area contributed by atoms with E-state index in [1.807, 2.05) is 0 Å². The fourth-order valence-electron chi connectivity index (χ4n) is 1.01. The van der Waals surface area contributed by atoms with Gasteiger partial charge in [-0.1, -0.05) is 0 Å². The number of hydrogen-bond donors (Lipinski definition) is 1. The first-order valence-electron chi connectivity index (χ1n) is 3.97. The van der Waals surface area contributed by atoms with Gasteiger partial charge in [0.2, 0.25) is 0 Å². The summed E-state index contributed by atoms with van der Waals surface area (Å²) in [5.41, 5.74) is 4.90. The van der Waals surface area contributed by atoms with E-state index in [1.54, 1.807) is 22.6 Å². The van der Waals surface area contributed by atoms with Gasteiger partial charge in [-0.25, -0.2) is 0 Å². The molecule has 0 radical (unpaired) electrons. The van der Waals surface area contributed by atoms with Gasteiger partial charge < -0.3 is 10.5 Å². The van der Waals surface area contributed by atoms with E-state index in [0.717, 1.165) is 0 Å². The van der Waals surface area contributed by atoms with Crippen LogP contribution in [0.3, 0.4) is 0 Å². The number of carbonyl (C=O) groups excluding carboxylic acids is 1. The summed E-state index contributed by atoms with van der Waals surface area (Å²) in [6, 6.07) is 0. The summed E-state index contributed by atoms with van der Waals surface area (Å²) in [7, 11) is 0. The molecule has 1 aromatic rings. The highest BCUT2D eigenvalue weighted by Crippen LogP contribution is 2.30. The second-order valence-corrected chi connectivity index (χ2v) is 3.83. The van der Waals surface area contributed by atoms with Crippen LogP contribution in [0.25, 0.3) is 0 Å². The van der Waals surface area contributed by atoms with Crippen molar-refractivity contribution >= 4 is 28.9 Å². The molecule has 2 N–H and O–H groups in total. The predicted octanol–water partition coefficient (Wildman–Crippen LogP) is 1.86. The topological polar surface area (TPSA) is 65.2 Å². The minimum Gasteiger partial charge on any atom is -0.403 e. The Morgan fingerprint density at radius 2 is 2.19 bits per heavy atom. The quantitative estimate of drug-likeness (QED) is 0.670. The zero-order chi connectivity index (χ0) is 12.3. The number of aldehydes is 1. The molecule has 0 aromatic carbocycles. The van der Waals surface area contributed by atoms with Gasteiger partial charge in [0.15, 0.2) is 12.0 Å². The Bertz CT molecular complexity index is 409. The molecule has 0 atom stereocenters. The maximum atomic E-state index is 12.1. The van der Waals surface area contributed by atoms with Gasteiger partial charge in [0.1, 0.15) is 0 Å². The Kier molecular flexibility index (Phi) is 4.08. The lowest BCUT2D eigenvalue weighted by molar-refractivity contribution is -0.275. The molecule has 0 spiro atoms. The van der Waals surface area contributed by atoms with Gasteiger partial charge in [-0.05, 0) is 22.6 Å². The summed E-state index contributed by atoms with van der Waals surface area (Å²) >= 11 is 1.69. The van der Waals surface area contributed by atoms with Gasteiger partial charge >= 0.3 is 6.36 Å². The summed E-state index contributed by atoms with van der Waals surface area (Å²) in [6.45, 7) is -0.247. The van der Waals surface area contributed by atoms with Crippen LogP contribution in [-0.2, 0) is 6.54 Å². The predicted molar refractivity (Wildman–Crippen MR) is 56.9 cm³/mol. The van der Waals surface area contributed by atoms with E-state index in [-0.39, 0.29) is 27.7 Å². The smallest absolute Gasteiger partial charge is 0.403 e. The molecule has 1 rings (SSSR count). The van der Waals surface area contributed by atoms with Gasteiger partial charge in [-0.2, -0.15) is 0 Å². The van der Waals surface area contributed by atoms with Gasteiger partial charge in [-0.15, -0.1) is 13.2 Å². The molecular weight excluding hydrogens is 340 g/mol. The largest absolute Gasteiger partial charge is 0.573 e. The first kappa shape index (κ1) is 13.2. The number of halogens is 4. The third-order valence-electron chi connectivity index (χ3n) is 1.63. The average Bonchev–Trinajstić information content (AvgIpc) is 2.16. The molecule has 0 saturated carbocycles. The van der Waals surface area contributed by atoms with E-state index in [0.29, 0.717) is 0 Å². The van der Waals surface area contributed by atoms with E-state index in [1.165, 1.54) is 6.20 Å². The first-order chi connectivity index (χ1) is 7.39. The van der Waals surface area contributed by atoms with Crippen molar-refractivity contribution in [3.05, 3.63) is 21.0 Å². The number of rotatable bonds is 3. The van der Waals surface area contributed by atoms with Crippen LogP contribution in [0.5, 0.6) is 5.75 Å². The summed E-state index contributed by atoms with van der Waals surface area (Å²) in [4.78, 5) is 14.4. The van der Waals surface area contributed by atoms with Crippen molar-refractivity contribution in [2.45, 2.75) is 12.9 Å². The summed E-state index contributed by atoms with van der Waals surface area (Å²) in [5, 5.41) is 0. The van der Waals surface area contributed by atoms with Gasteiger partial charge in [0, 0.05) is 16.3 Å². The summed E-state index contributed by atoms with van der Waals surface area (Å²) in [5.74, 6) is -0.628. The van der Waals surface area contributed by atoms with Gasteiger partial charge in [0.05, 0.1) is 11.3 Å². The van der Waals surface area contributed by atoms with E-state index in [2.05, 4.69) is 9.72 Å².